The van der Waals surface area contributed by atoms with E-state index in [4.69, 9.17) is 5.73 Å². The SMILES string of the molecule is N[C@H]1[C@@H]2C=CC[C@H]12. The van der Waals surface area contributed by atoms with Crippen LogP contribution in [0.4, 0.5) is 0 Å². The van der Waals surface area contributed by atoms with Gasteiger partial charge in [0.25, 0.3) is 0 Å². The summed E-state index contributed by atoms with van der Waals surface area (Å²) in [5.74, 6) is 1.62. The molecule has 0 unspecified atom stereocenters. The van der Waals surface area contributed by atoms with Crippen molar-refractivity contribution in [1.82, 2.24) is 0 Å². The molecule has 0 aromatic carbocycles. The van der Waals surface area contributed by atoms with E-state index in [0.29, 0.717) is 6.04 Å². The first kappa shape index (κ1) is 3.67. The first-order chi connectivity index (χ1) is 3.39. The molecule has 0 aliphatic heterocycles. The van der Waals surface area contributed by atoms with Gasteiger partial charge in [0.15, 0.2) is 0 Å². The van der Waals surface area contributed by atoms with E-state index in [0.717, 1.165) is 11.8 Å². The molecule has 3 atom stereocenters. The van der Waals surface area contributed by atoms with Crippen LogP contribution in [-0.2, 0) is 0 Å². The zero-order valence-electron chi connectivity index (χ0n) is 4.17. The summed E-state index contributed by atoms with van der Waals surface area (Å²) in [6, 6.07) is 0.532. The second-order valence-corrected chi connectivity index (χ2v) is 2.48. The third-order valence-electron chi connectivity index (χ3n) is 2.06. The summed E-state index contributed by atoms with van der Waals surface area (Å²) in [5.41, 5.74) is 5.62. The van der Waals surface area contributed by atoms with Crippen LogP contribution in [0, 0.1) is 11.8 Å². The van der Waals surface area contributed by atoms with Crippen LogP contribution in [0.2, 0.25) is 0 Å². The monoisotopic (exact) mass is 95.1 g/mol. The second kappa shape index (κ2) is 0.920. The summed E-state index contributed by atoms with van der Waals surface area (Å²) in [7, 11) is 0. The third kappa shape index (κ3) is 0.317. The Balaban J connectivity index is 2.18. The maximum atomic E-state index is 5.62. The summed E-state index contributed by atoms with van der Waals surface area (Å²) >= 11 is 0. The smallest absolute Gasteiger partial charge is 0.0143 e. The number of rotatable bonds is 0. The minimum Gasteiger partial charge on any atom is -0.327 e. The fourth-order valence-electron chi connectivity index (χ4n) is 1.41. The number of nitrogens with two attached hydrogens (primary N) is 1. The summed E-state index contributed by atoms with van der Waals surface area (Å²) in [5, 5.41) is 0. The topological polar surface area (TPSA) is 26.0 Å². The Hall–Kier alpha value is -0.300. The zero-order chi connectivity index (χ0) is 4.85. The highest BCUT2D eigenvalue weighted by molar-refractivity contribution is 5.19. The molecule has 2 aliphatic carbocycles. The Bertz CT molecular complexity index is 117. The van der Waals surface area contributed by atoms with Crippen molar-refractivity contribution in [1.29, 1.82) is 0 Å². The largest absolute Gasteiger partial charge is 0.327 e. The van der Waals surface area contributed by atoms with Crippen LogP contribution in [0.5, 0.6) is 0 Å². The second-order valence-electron chi connectivity index (χ2n) is 2.48. The highest BCUT2D eigenvalue weighted by Crippen LogP contribution is 2.45. The van der Waals surface area contributed by atoms with Crippen LogP contribution >= 0.6 is 0 Å². The lowest BCUT2D eigenvalue weighted by molar-refractivity contribution is 0.816. The van der Waals surface area contributed by atoms with Gasteiger partial charge in [-0.1, -0.05) is 12.2 Å². The van der Waals surface area contributed by atoms with E-state index >= 15 is 0 Å². The van der Waals surface area contributed by atoms with Gasteiger partial charge in [0.05, 0.1) is 0 Å². The molecule has 38 valence electrons. The van der Waals surface area contributed by atoms with Crippen LogP contribution in [0.1, 0.15) is 6.42 Å². The average molecular weight is 95.1 g/mol. The quantitative estimate of drug-likeness (QED) is 0.436. The van der Waals surface area contributed by atoms with E-state index in [1.54, 1.807) is 0 Å². The number of allylic oxidation sites excluding steroid dienone is 1. The Morgan fingerprint density at radius 3 is 2.71 bits per heavy atom. The van der Waals surface area contributed by atoms with Crippen LogP contribution in [0.15, 0.2) is 12.2 Å². The molecule has 0 aromatic rings. The Morgan fingerprint density at radius 2 is 2.43 bits per heavy atom. The molecule has 0 bridgehead atoms. The number of hydrogen-bond donors (Lipinski definition) is 1. The van der Waals surface area contributed by atoms with Crippen molar-refractivity contribution in [3.63, 3.8) is 0 Å². The fraction of sp³-hybridized carbons (Fsp3) is 0.667. The highest BCUT2D eigenvalue weighted by Gasteiger charge is 2.47. The lowest BCUT2D eigenvalue weighted by Gasteiger charge is -1.82. The van der Waals surface area contributed by atoms with Gasteiger partial charge in [-0.25, -0.2) is 0 Å². The summed E-state index contributed by atoms with van der Waals surface area (Å²) in [4.78, 5) is 0. The summed E-state index contributed by atoms with van der Waals surface area (Å²) in [6.07, 6.45) is 5.72. The summed E-state index contributed by atoms with van der Waals surface area (Å²) < 4.78 is 0. The molecule has 7 heavy (non-hydrogen) atoms. The van der Waals surface area contributed by atoms with Gasteiger partial charge >= 0.3 is 0 Å². The predicted octanol–water partition coefficient (Wildman–Crippen LogP) is 0.520. The highest BCUT2D eigenvalue weighted by atomic mass is 14.8. The van der Waals surface area contributed by atoms with Gasteiger partial charge in [0.1, 0.15) is 0 Å². The van der Waals surface area contributed by atoms with E-state index in [1.165, 1.54) is 6.42 Å². The minimum atomic E-state index is 0.532. The molecule has 0 radical (unpaired) electrons. The molecule has 0 heterocycles. The van der Waals surface area contributed by atoms with Crippen molar-refractivity contribution in [3.05, 3.63) is 12.2 Å². The maximum Gasteiger partial charge on any atom is 0.0143 e. The van der Waals surface area contributed by atoms with E-state index in [9.17, 15) is 0 Å². The molecule has 0 amide bonds. The predicted molar refractivity (Wildman–Crippen MR) is 28.7 cm³/mol. The van der Waals surface area contributed by atoms with Gasteiger partial charge in [0.2, 0.25) is 0 Å². The standard InChI is InChI=1S/C6H9N/c7-6-4-2-1-3-5(4)6/h1-2,4-6H,3,7H2/t4-,5+,6+/m1/s1. The molecule has 1 nitrogen and oxygen atoms in total. The molecule has 0 aromatic heterocycles. The minimum absolute atomic E-state index is 0.532. The molecule has 0 saturated heterocycles. The first-order valence-electron chi connectivity index (χ1n) is 2.82. The molecule has 1 heteroatoms. The van der Waals surface area contributed by atoms with Crippen LogP contribution in [0.3, 0.4) is 0 Å². The van der Waals surface area contributed by atoms with Crippen molar-refractivity contribution in [3.8, 4) is 0 Å². The van der Waals surface area contributed by atoms with E-state index < -0.39 is 0 Å². The lowest BCUT2D eigenvalue weighted by Crippen LogP contribution is -2.03. The van der Waals surface area contributed by atoms with Gasteiger partial charge in [-0.15, -0.1) is 0 Å². The van der Waals surface area contributed by atoms with Crippen LogP contribution < -0.4 is 5.73 Å². The van der Waals surface area contributed by atoms with Gasteiger partial charge in [0, 0.05) is 6.04 Å². The normalized spacial score (nSPS) is 54.7. The van der Waals surface area contributed by atoms with Gasteiger partial charge < -0.3 is 5.73 Å². The molecule has 2 N–H and O–H groups in total. The fourth-order valence-corrected chi connectivity index (χ4v) is 1.41. The van der Waals surface area contributed by atoms with E-state index in [2.05, 4.69) is 12.2 Å². The number of hydrogen-bond acceptors (Lipinski definition) is 1. The number of fused-ring (bicyclic) bond motifs is 1. The Labute approximate surface area is 43.2 Å². The van der Waals surface area contributed by atoms with Crippen molar-refractivity contribution in [2.45, 2.75) is 12.5 Å². The summed E-state index contributed by atoms with van der Waals surface area (Å²) in [6.45, 7) is 0. The van der Waals surface area contributed by atoms with Crippen LogP contribution in [-0.4, -0.2) is 6.04 Å². The van der Waals surface area contributed by atoms with Crippen molar-refractivity contribution >= 4 is 0 Å². The Kier molecular flexibility index (Phi) is 0.482. The molecule has 2 aliphatic rings. The molecule has 1 saturated carbocycles. The van der Waals surface area contributed by atoms with Crippen molar-refractivity contribution in [2.24, 2.45) is 17.6 Å². The van der Waals surface area contributed by atoms with Gasteiger partial charge in [-0.2, -0.15) is 0 Å². The van der Waals surface area contributed by atoms with Crippen molar-refractivity contribution < 1.29 is 0 Å². The maximum absolute atomic E-state index is 5.62. The third-order valence-corrected chi connectivity index (χ3v) is 2.06. The van der Waals surface area contributed by atoms with Gasteiger partial charge in [-0.05, 0) is 18.3 Å². The van der Waals surface area contributed by atoms with Crippen molar-refractivity contribution in [2.75, 3.05) is 0 Å². The Morgan fingerprint density at radius 1 is 1.57 bits per heavy atom. The molecular weight excluding hydrogens is 86.1 g/mol. The molecule has 1 fully saturated rings. The van der Waals surface area contributed by atoms with Crippen LogP contribution in [0.25, 0.3) is 0 Å². The van der Waals surface area contributed by atoms with E-state index in [-0.39, 0.29) is 0 Å². The molecule has 0 spiro atoms. The lowest BCUT2D eigenvalue weighted by atomic mass is 10.3. The first-order valence-corrected chi connectivity index (χ1v) is 2.82. The van der Waals surface area contributed by atoms with E-state index in [1.807, 2.05) is 0 Å². The molecule has 2 rings (SSSR count). The zero-order valence-corrected chi connectivity index (χ0v) is 4.17. The molecular formula is C6H9N. The van der Waals surface area contributed by atoms with Gasteiger partial charge in [-0.3, -0.25) is 0 Å². The average Bonchev–Trinajstić information content (AvgIpc) is 2.26.